The first-order valence-corrected chi connectivity index (χ1v) is 8.26. The Morgan fingerprint density at radius 3 is 2.61 bits per heavy atom. The van der Waals surface area contributed by atoms with Gasteiger partial charge in [-0.1, -0.05) is 0 Å². The van der Waals surface area contributed by atoms with E-state index in [4.69, 9.17) is 9.47 Å². The van der Waals surface area contributed by atoms with Gasteiger partial charge in [-0.2, -0.15) is 0 Å². The molecule has 0 fully saturated rings. The molecule has 0 N–H and O–H groups in total. The average molecular weight is 327 g/mol. The molecule has 1 aliphatic rings. The predicted molar refractivity (Wildman–Crippen MR) is 90.3 cm³/mol. The molecule has 4 rings (SSSR count). The number of aromatic nitrogens is 3. The summed E-state index contributed by atoms with van der Waals surface area (Å²) >= 11 is 1.67. The van der Waals surface area contributed by atoms with E-state index in [-0.39, 0.29) is 0 Å². The molecule has 6 heteroatoms. The fourth-order valence-electron chi connectivity index (χ4n) is 3.07. The van der Waals surface area contributed by atoms with E-state index >= 15 is 0 Å². The topological polar surface area (TPSA) is 49.2 Å². The lowest BCUT2D eigenvalue weighted by atomic mass is 9.96. The standard InChI is InChI=1S/C17H17N3O2S/c1-10-18-8-15(23-10)16-17-12-7-14(22-3)13(21-2)6-11(12)4-5-20(17)9-19-16/h6-9H,4-5H2,1-3H3. The van der Waals surface area contributed by atoms with Gasteiger partial charge in [0.2, 0.25) is 0 Å². The molecule has 2 aromatic heterocycles. The summed E-state index contributed by atoms with van der Waals surface area (Å²) in [5.41, 5.74) is 4.55. The van der Waals surface area contributed by atoms with Crippen LogP contribution in [0.4, 0.5) is 0 Å². The lowest BCUT2D eigenvalue weighted by Crippen LogP contribution is -2.10. The first-order chi connectivity index (χ1) is 11.2. The third-order valence-corrected chi connectivity index (χ3v) is 5.10. The van der Waals surface area contributed by atoms with Crippen LogP contribution >= 0.6 is 11.3 Å². The Morgan fingerprint density at radius 1 is 1.13 bits per heavy atom. The maximum absolute atomic E-state index is 5.48. The number of hydrogen-bond acceptors (Lipinski definition) is 5. The minimum Gasteiger partial charge on any atom is -0.493 e. The van der Waals surface area contributed by atoms with Crippen LogP contribution in [0.2, 0.25) is 0 Å². The number of benzene rings is 1. The molecule has 3 heterocycles. The van der Waals surface area contributed by atoms with Crippen molar-refractivity contribution in [2.75, 3.05) is 14.2 Å². The Morgan fingerprint density at radius 2 is 1.91 bits per heavy atom. The van der Waals surface area contributed by atoms with E-state index in [0.717, 1.165) is 51.3 Å². The lowest BCUT2D eigenvalue weighted by molar-refractivity contribution is 0.354. The van der Waals surface area contributed by atoms with Crippen LogP contribution in [0.1, 0.15) is 10.6 Å². The van der Waals surface area contributed by atoms with Crippen LogP contribution in [0.15, 0.2) is 24.7 Å². The molecule has 0 bridgehead atoms. The van der Waals surface area contributed by atoms with Gasteiger partial charge in [-0.05, 0) is 31.0 Å². The largest absolute Gasteiger partial charge is 0.493 e. The molecule has 0 saturated heterocycles. The summed E-state index contributed by atoms with van der Waals surface area (Å²) in [6, 6.07) is 4.13. The van der Waals surface area contributed by atoms with Crippen LogP contribution in [0.5, 0.6) is 11.5 Å². The second-order valence-corrected chi connectivity index (χ2v) is 6.73. The number of hydrogen-bond donors (Lipinski definition) is 0. The monoisotopic (exact) mass is 327 g/mol. The van der Waals surface area contributed by atoms with Crippen LogP contribution in [-0.4, -0.2) is 28.8 Å². The van der Waals surface area contributed by atoms with E-state index in [2.05, 4.69) is 26.7 Å². The zero-order valence-electron chi connectivity index (χ0n) is 13.3. The molecular formula is C17H17N3O2S. The highest BCUT2D eigenvalue weighted by atomic mass is 32.1. The molecule has 0 radical (unpaired) electrons. The van der Waals surface area contributed by atoms with Gasteiger partial charge in [-0.3, -0.25) is 0 Å². The molecular weight excluding hydrogens is 310 g/mol. The summed E-state index contributed by atoms with van der Waals surface area (Å²) in [5.74, 6) is 1.52. The van der Waals surface area contributed by atoms with E-state index in [1.165, 1.54) is 5.56 Å². The Kier molecular flexibility index (Phi) is 3.34. The average Bonchev–Trinajstić information content (AvgIpc) is 3.19. The molecule has 3 aromatic rings. The highest BCUT2D eigenvalue weighted by Gasteiger charge is 2.24. The Bertz CT molecular complexity index is 882. The van der Waals surface area contributed by atoms with Crippen molar-refractivity contribution in [3.8, 4) is 33.3 Å². The number of methoxy groups -OCH3 is 2. The highest BCUT2D eigenvalue weighted by Crippen LogP contribution is 2.42. The van der Waals surface area contributed by atoms with Gasteiger partial charge in [0.15, 0.2) is 11.5 Å². The number of fused-ring (bicyclic) bond motifs is 3. The summed E-state index contributed by atoms with van der Waals surface area (Å²) in [6.45, 7) is 2.93. The first-order valence-electron chi connectivity index (χ1n) is 7.44. The number of imidazole rings is 1. The third kappa shape index (κ3) is 2.21. The van der Waals surface area contributed by atoms with Gasteiger partial charge in [0, 0.05) is 18.3 Å². The predicted octanol–water partition coefficient (Wildman–Crippen LogP) is 3.56. The normalized spacial score (nSPS) is 12.7. The number of aryl methyl sites for hydroxylation is 3. The summed E-state index contributed by atoms with van der Waals surface area (Å²) in [7, 11) is 3.33. The lowest BCUT2D eigenvalue weighted by Gasteiger charge is -2.21. The third-order valence-electron chi connectivity index (χ3n) is 4.18. The molecule has 0 spiro atoms. The molecule has 1 aliphatic heterocycles. The van der Waals surface area contributed by atoms with E-state index < -0.39 is 0 Å². The molecule has 1 aromatic carbocycles. The van der Waals surface area contributed by atoms with Gasteiger partial charge in [0.25, 0.3) is 0 Å². The molecule has 0 unspecified atom stereocenters. The minimum absolute atomic E-state index is 0.743. The summed E-state index contributed by atoms with van der Waals surface area (Å²) in [4.78, 5) is 10.1. The number of nitrogens with zero attached hydrogens (tertiary/aromatic N) is 3. The van der Waals surface area contributed by atoms with Crippen molar-refractivity contribution in [1.82, 2.24) is 14.5 Å². The Labute approximate surface area is 138 Å². The molecule has 118 valence electrons. The molecule has 0 amide bonds. The zero-order chi connectivity index (χ0) is 16.0. The maximum atomic E-state index is 5.48. The Balaban J connectivity index is 1.93. The van der Waals surface area contributed by atoms with Crippen LogP contribution in [0.25, 0.3) is 21.8 Å². The molecule has 0 aliphatic carbocycles. The van der Waals surface area contributed by atoms with Crippen LogP contribution in [0.3, 0.4) is 0 Å². The van der Waals surface area contributed by atoms with Crippen molar-refractivity contribution in [2.45, 2.75) is 19.9 Å². The number of ether oxygens (including phenoxy) is 2. The maximum Gasteiger partial charge on any atom is 0.161 e. The molecule has 0 saturated carbocycles. The molecule has 0 atom stereocenters. The highest BCUT2D eigenvalue weighted by molar-refractivity contribution is 7.15. The van der Waals surface area contributed by atoms with Crippen LogP contribution < -0.4 is 9.47 Å². The van der Waals surface area contributed by atoms with Gasteiger partial charge < -0.3 is 14.0 Å². The van der Waals surface area contributed by atoms with Crippen molar-refractivity contribution >= 4 is 11.3 Å². The number of thiazole rings is 1. The summed E-state index contributed by atoms with van der Waals surface area (Å²) in [6.07, 6.45) is 4.78. The zero-order valence-corrected chi connectivity index (χ0v) is 14.1. The molecule has 5 nitrogen and oxygen atoms in total. The van der Waals surface area contributed by atoms with E-state index in [1.54, 1.807) is 25.6 Å². The van der Waals surface area contributed by atoms with E-state index in [0.29, 0.717) is 0 Å². The minimum atomic E-state index is 0.743. The number of rotatable bonds is 3. The van der Waals surface area contributed by atoms with Crippen LogP contribution in [0, 0.1) is 6.92 Å². The van der Waals surface area contributed by atoms with Gasteiger partial charge in [0.05, 0.1) is 36.1 Å². The second-order valence-electron chi connectivity index (χ2n) is 5.49. The SMILES string of the molecule is COc1cc2c(cc1OC)-c1c(-c3cnc(C)s3)ncn1CC2. The smallest absolute Gasteiger partial charge is 0.161 e. The van der Waals surface area contributed by atoms with Gasteiger partial charge in [-0.15, -0.1) is 11.3 Å². The van der Waals surface area contributed by atoms with Crippen molar-refractivity contribution in [2.24, 2.45) is 0 Å². The van der Waals surface area contributed by atoms with E-state index in [1.807, 2.05) is 19.4 Å². The summed E-state index contributed by atoms with van der Waals surface area (Å²) < 4.78 is 13.1. The van der Waals surface area contributed by atoms with Crippen LogP contribution in [-0.2, 0) is 13.0 Å². The van der Waals surface area contributed by atoms with Gasteiger partial charge in [-0.25, -0.2) is 9.97 Å². The second kappa shape index (κ2) is 5.38. The van der Waals surface area contributed by atoms with Gasteiger partial charge >= 0.3 is 0 Å². The van der Waals surface area contributed by atoms with Gasteiger partial charge in [0.1, 0.15) is 5.69 Å². The van der Waals surface area contributed by atoms with Crippen molar-refractivity contribution in [1.29, 1.82) is 0 Å². The Hall–Kier alpha value is -2.34. The fourth-order valence-corrected chi connectivity index (χ4v) is 3.85. The molecule has 23 heavy (non-hydrogen) atoms. The van der Waals surface area contributed by atoms with Crippen molar-refractivity contribution < 1.29 is 9.47 Å². The summed E-state index contributed by atoms with van der Waals surface area (Å²) in [5, 5.41) is 1.05. The van der Waals surface area contributed by atoms with E-state index in [9.17, 15) is 0 Å². The van der Waals surface area contributed by atoms with Crippen molar-refractivity contribution in [3.05, 3.63) is 35.2 Å². The first kappa shape index (κ1) is 14.3. The quantitative estimate of drug-likeness (QED) is 0.738. The van der Waals surface area contributed by atoms with Crippen molar-refractivity contribution in [3.63, 3.8) is 0 Å². The fraction of sp³-hybridized carbons (Fsp3) is 0.294.